The molecule has 0 amide bonds. The second-order valence-electron chi connectivity index (χ2n) is 19.0. The number of ether oxygens (including phenoxy) is 12. The van der Waals surface area contributed by atoms with Crippen LogP contribution in [0.1, 0.15) is 55.4 Å². The number of carboxylic acid groups (broad SMARTS) is 1. The van der Waals surface area contributed by atoms with E-state index in [-0.39, 0.29) is 31.0 Å². The largest absolute Gasteiger partial charge is 0.479 e. The van der Waals surface area contributed by atoms with Gasteiger partial charge in [0.1, 0.15) is 110 Å². The zero-order valence-corrected chi connectivity index (χ0v) is 42.8. The molecule has 27 heteroatoms. The first-order valence-electron chi connectivity index (χ1n) is 24.0. The number of aliphatic hydroxyl groups excluding tert-OH is 13. The quantitative estimate of drug-likeness (QED) is 0.0916. The summed E-state index contributed by atoms with van der Waals surface area (Å²) in [4.78, 5) is 11.4. The fraction of sp³-hybridized carbons (Fsp3) is 0.978. The Hall–Kier alpha value is -1.53. The average molecular weight is 1060 g/mol. The topological polar surface area (TPSA) is 411 Å². The molecule has 6 rings (SSSR count). The summed E-state index contributed by atoms with van der Waals surface area (Å²) in [6.07, 6.45) is -26.8. The number of aliphatic hydroxyl groups is 13. The van der Waals surface area contributed by atoms with Gasteiger partial charge in [-0.15, -0.1) is 0 Å². The molecule has 72 heavy (non-hydrogen) atoms. The SMILES string of the molecule is COC1C(O)C(C)OC(C)[C@@H]1O.COC1C(O)[C@@H](C)OC(C)[C@@H]1O.CO[C@@H]1C(CO)O[C@H](C)C(O)[C@H]1O.CO[C@@H]1C(O[C@H]2OC(CO[C@H]3OC(C(=O)O)[C@@H](C)[C@H](O)C3O)[C@@H](O)[C@H](O)C2O)C(C)OC(C)[C@@H]1O. The van der Waals surface area contributed by atoms with Gasteiger partial charge in [0, 0.05) is 34.4 Å². The third-order valence-corrected chi connectivity index (χ3v) is 13.9. The summed E-state index contributed by atoms with van der Waals surface area (Å²) >= 11 is 0. The summed E-state index contributed by atoms with van der Waals surface area (Å²) in [7, 11) is 5.73. The average Bonchev–Trinajstić information content (AvgIpc) is 3.34. The Bertz CT molecular complexity index is 1490. The highest BCUT2D eigenvalue weighted by atomic mass is 16.7. The Labute approximate surface area is 418 Å². The highest BCUT2D eigenvalue weighted by Crippen LogP contribution is 2.32. The summed E-state index contributed by atoms with van der Waals surface area (Å²) in [6.45, 7) is 12.7. The number of aliphatic carboxylic acids is 1. The van der Waals surface area contributed by atoms with Gasteiger partial charge in [-0.05, 0) is 48.5 Å². The molecule has 426 valence electrons. The highest BCUT2D eigenvalue weighted by Gasteiger charge is 2.52. The van der Waals surface area contributed by atoms with Crippen LogP contribution >= 0.6 is 0 Å². The van der Waals surface area contributed by atoms with Gasteiger partial charge in [0.2, 0.25) is 0 Å². The minimum atomic E-state index is -1.72. The number of carbonyl (C=O) groups is 1. The summed E-state index contributed by atoms with van der Waals surface area (Å²) in [5.41, 5.74) is 0. The smallest absolute Gasteiger partial charge is 0.333 e. The maximum atomic E-state index is 11.4. The molecule has 0 radical (unpaired) electrons. The molecule has 6 fully saturated rings. The molecule has 27 nitrogen and oxygen atoms in total. The van der Waals surface area contributed by atoms with Gasteiger partial charge < -0.3 is 128 Å². The van der Waals surface area contributed by atoms with Crippen molar-refractivity contribution >= 4 is 5.97 Å². The van der Waals surface area contributed by atoms with Gasteiger partial charge in [-0.3, -0.25) is 0 Å². The van der Waals surface area contributed by atoms with Gasteiger partial charge in [-0.1, -0.05) is 6.92 Å². The molecular formula is C45H84O27. The summed E-state index contributed by atoms with van der Waals surface area (Å²) in [6, 6.07) is 0. The fourth-order valence-electron chi connectivity index (χ4n) is 9.21. The van der Waals surface area contributed by atoms with Crippen LogP contribution in [0.3, 0.4) is 0 Å². The number of rotatable bonds is 11. The second-order valence-corrected chi connectivity index (χ2v) is 19.0. The van der Waals surface area contributed by atoms with Gasteiger partial charge in [-0.25, -0.2) is 4.79 Å². The number of hydrogen-bond donors (Lipinski definition) is 14. The van der Waals surface area contributed by atoms with Crippen molar-refractivity contribution < 1.29 is 133 Å². The third-order valence-electron chi connectivity index (χ3n) is 13.9. The van der Waals surface area contributed by atoms with Crippen LogP contribution in [0, 0.1) is 5.92 Å². The van der Waals surface area contributed by atoms with Gasteiger partial charge in [0.15, 0.2) is 18.7 Å². The Balaban J connectivity index is 0.000000300. The molecule has 16 unspecified atom stereocenters. The first kappa shape index (κ1) is 64.8. The lowest BCUT2D eigenvalue weighted by atomic mass is 9.91. The predicted octanol–water partition coefficient (Wildman–Crippen LogP) is -5.89. The standard InChI is InChI=1S/C21H36O14.C8H16O5.2C8H16O4/c1-6-10(22)14(26)20(34-16(6)19(28)29)31-5-9-12(24)13(25)15(27)21(33-9)35-17-8(3)32-7(2)11(23)18(17)30-4;1-4-6(10)7(11)8(12-2)5(3-9)13-4;2*1-4-6(9)8(11-3)7(10)5(2)12-4/h6-18,20-27H,5H2,1-4H3,(H,28,29);4-11H,3H2,1-2H3;2*4-10H,1-3H3/t6-,7?,8?,9?,10-,11-,12+,13-,14?,15?,16?,17?,18-,20-,21+;4-,5?,6?,7-,8-;4?,5?,6-,7?,8?;4-,5?,6?,7+,8?/m0101/s1. The normalized spacial score (nSPS) is 49.7. The van der Waals surface area contributed by atoms with Crippen molar-refractivity contribution in [3.63, 3.8) is 0 Å². The van der Waals surface area contributed by atoms with E-state index >= 15 is 0 Å². The van der Waals surface area contributed by atoms with E-state index in [0.717, 1.165) is 0 Å². The van der Waals surface area contributed by atoms with Crippen LogP contribution < -0.4 is 0 Å². The molecule has 6 saturated heterocycles. The maximum absolute atomic E-state index is 11.4. The van der Waals surface area contributed by atoms with Crippen LogP contribution in [0.4, 0.5) is 0 Å². The zero-order chi connectivity index (χ0) is 54.8. The minimum Gasteiger partial charge on any atom is -0.479 e. The lowest BCUT2D eigenvalue weighted by Gasteiger charge is -2.46. The molecule has 14 N–H and O–H groups in total. The number of methoxy groups -OCH3 is 4. The summed E-state index contributed by atoms with van der Waals surface area (Å²) in [5, 5.41) is 137. The Morgan fingerprint density at radius 3 is 1.21 bits per heavy atom. The van der Waals surface area contributed by atoms with Crippen LogP contribution in [-0.2, 0) is 61.6 Å². The fourth-order valence-corrected chi connectivity index (χ4v) is 9.21. The maximum Gasteiger partial charge on any atom is 0.333 e. The Morgan fingerprint density at radius 2 is 0.792 bits per heavy atom. The first-order chi connectivity index (χ1) is 33.6. The van der Waals surface area contributed by atoms with Crippen molar-refractivity contribution in [2.75, 3.05) is 41.7 Å². The molecule has 0 aromatic carbocycles. The highest BCUT2D eigenvalue weighted by molar-refractivity contribution is 5.73. The summed E-state index contributed by atoms with van der Waals surface area (Å²) in [5.74, 6) is -2.27. The Morgan fingerprint density at radius 1 is 0.389 bits per heavy atom. The van der Waals surface area contributed by atoms with Crippen molar-refractivity contribution in [3.05, 3.63) is 0 Å². The van der Waals surface area contributed by atoms with E-state index in [1.807, 2.05) is 0 Å². The van der Waals surface area contributed by atoms with Crippen LogP contribution in [-0.4, -0.2) is 297 Å². The summed E-state index contributed by atoms with van der Waals surface area (Å²) < 4.78 is 63.7. The molecule has 0 aromatic rings. The molecule has 0 bridgehead atoms. The molecule has 0 saturated carbocycles. The molecule has 6 aliphatic heterocycles. The molecular weight excluding hydrogens is 972 g/mol. The Kier molecular flexibility index (Phi) is 26.3. The van der Waals surface area contributed by atoms with Crippen molar-refractivity contribution in [3.8, 4) is 0 Å². The van der Waals surface area contributed by atoms with Gasteiger partial charge in [0.05, 0.1) is 62.0 Å². The predicted molar refractivity (Wildman–Crippen MR) is 242 cm³/mol. The van der Waals surface area contributed by atoms with Gasteiger partial charge in [0.25, 0.3) is 0 Å². The van der Waals surface area contributed by atoms with Gasteiger partial charge >= 0.3 is 5.97 Å². The zero-order valence-electron chi connectivity index (χ0n) is 42.8. The second kappa shape index (κ2) is 29.3. The van der Waals surface area contributed by atoms with E-state index in [2.05, 4.69) is 0 Å². The minimum absolute atomic E-state index is 0.230. The molecule has 6 heterocycles. The van der Waals surface area contributed by atoms with Crippen molar-refractivity contribution in [1.82, 2.24) is 0 Å². The van der Waals surface area contributed by atoms with Crippen LogP contribution in [0.2, 0.25) is 0 Å². The lowest BCUT2D eigenvalue weighted by molar-refractivity contribution is -0.349. The van der Waals surface area contributed by atoms with E-state index in [1.165, 1.54) is 35.4 Å². The third kappa shape index (κ3) is 15.6. The van der Waals surface area contributed by atoms with E-state index in [1.54, 1.807) is 48.5 Å². The van der Waals surface area contributed by atoms with Crippen LogP contribution in [0.5, 0.6) is 0 Å². The number of hydrogen-bond acceptors (Lipinski definition) is 26. The lowest BCUT2D eigenvalue weighted by Crippen LogP contribution is -2.64. The van der Waals surface area contributed by atoms with Crippen LogP contribution in [0.25, 0.3) is 0 Å². The molecule has 0 aromatic heterocycles. The van der Waals surface area contributed by atoms with Crippen LogP contribution in [0.15, 0.2) is 0 Å². The van der Waals surface area contributed by atoms with E-state index in [4.69, 9.17) is 61.9 Å². The molecule has 0 spiro atoms. The van der Waals surface area contributed by atoms with E-state index in [0.29, 0.717) is 0 Å². The van der Waals surface area contributed by atoms with Crippen molar-refractivity contribution in [2.24, 2.45) is 5.92 Å². The molecule has 0 aliphatic carbocycles. The monoisotopic (exact) mass is 1060 g/mol. The van der Waals surface area contributed by atoms with Crippen molar-refractivity contribution in [2.45, 2.75) is 233 Å². The van der Waals surface area contributed by atoms with Crippen molar-refractivity contribution in [1.29, 1.82) is 0 Å². The van der Waals surface area contributed by atoms with Gasteiger partial charge in [-0.2, -0.15) is 0 Å². The molecule has 30 atom stereocenters. The molecule has 6 aliphatic rings. The van der Waals surface area contributed by atoms with E-state index in [9.17, 15) is 71.2 Å². The number of carboxylic acids is 1. The van der Waals surface area contributed by atoms with E-state index < -0.39 is 171 Å². The first-order valence-corrected chi connectivity index (χ1v) is 24.0.